The van der Waals surface area contributed by atoms with E-state index in [1.54, 1.807) is 0 Å². The van der Waals surface area contributed by atoms with Gasteiger partial charge in [0.15, 0.2) is 0 Å². The van der Waals surface area contributed by atoms with E-state index in [-0.39, 0.29) is 24.0 Å². The van der Waals surface area contributed by atoms with Gasteiger partial charge in [0.2, 0.25) is 5.36 Å². The molecule has 0 saturated carbocycles. The van der Waals surface area contributed by atoms with Crippen LogP contribution in [-0.4, -0.2) is 60.1 Å². The number of carbonyl (C=O) groups is 4. The van der Waals surface area contributed by atoms with E-state index in [1.165, 1.54) is 18.2 Å². The molecule has 43 heavy (non-hydrogen) atoms. The number of carboxylic acid groups (broad SMARTS) is 1. The monoisotopic (exact) mass is 580 g/mol. The SMILES string of the molecule is O=C(ON1C(=O)CCC1=O)c1ccc(C(=O)O)c(-c2c3ccc(=[N+]4CCCC4)cc-3oc3cc(N4CCCC4)ccc23)c1. The summed E-state index contributed by atoms with van der Waals surface area (Å²) in [5, 5.41) is 12.4. The summed E-state index contributed by atoms with van der Waals surface area (Å²) in [6, 6.07) is 16.0. The number of hydrogen-bond acceptors (Lipinski definition) is 7. The van der Waals surface area contributed by atoms with Gasteiger partial charge in [0.1, 0.15) is 24.4 Å². The number of nitrogens with zero attached hydrogens (tertiary/aromatic N) is 3. The van der Waals surface area contributed by atoms with Crippen molar-refractivity contribution in [2.45, 2.75) is 38.5 Å². The Morgan fingerprint density at radius 2 is 1.58 bits per heavy atom. The van der Waals surface area contributed by atoms with Crippen LogP contribution < -0.4 is 14.8 Å². The average molecular weight is 581 g/mol. The smallest absolute Gasteiger partial charge is 0.363 e. The minimum absolute atomic E-state index is 0.00841. The van der Waals surface area contributed by atoms with Gasteiger partial charge in [-0.15, -0.1) is 5.06 Å². The topological polar surface area (TPSA) is 120 Å². The van der Waals surface area contributed by atoms with Crippen LogP contribution in [-0.2, 0) is 14.4 Å². The van der Waals surface area contributed by atoms with Crippen LogP contribution >= 0.6 is 0 Å². The molecule has 5 aliphatic rings. The van der Waals surface area contributed by atoms with Crippen LogP contribution in [0, 0.1) is 0 Å². The fourth-order valence-electron chi connectivity index (χ4n) is 6.36. The first-order valence-corrected chi connectivity index (χ1v) is 14.7. The maximum atomic E-state index is 13.1. The van der Waals surface area contributed by atoms with Gasteiger partial charge in [-0.2, -0.15) is 0 Å². The lowest BCUT2D eigenvalue weighted by atomic mass is 9.89. The number of carboxylic acids is 1. The summed E-state index contributed by atoms with van der Waals surface area (Å²) in [5.74, 6) is -2.68. The Labute approximate surface area is 246 Å². The number of hydroxylamine groups is 2. The summed E-state index contributed by atoms with van der Waals surface area (Å²) in [6.45, 7) is 3.83. The quantitative estimate of drug-likeness (QED) is 0.211. The third-order valence-electron chi connectivity index (χ3n) is 8.57. The molecule has 4 heterocycles. The molecule has 0 radical (unpaired) electrons. The Morgan fingerprint density at radius 1 is 0.837 bits per heavy atom. The van der Waals surface area contributed by atoms with Crippen LogP contribution in [0.2, 0.25) is 0 Å². The lowest BCUT2D eigenvalue weighted by molar-refractivity contribution is -0.172. The van der Waals surface area contributed by atoms with E-state index in [0.717, 1.165) is 62.9 Å². The molecule has 0 bridgehead atoms. The normalized spacial score (nSPS) is 17.1. The molecule has 2 amide bonds. The molecule has 7 rings (SSSR count). The van der Waals surface area contributed by atoms with E-state index in [9.17, 15) is 24.3 Å². The van der Waals surface area contributed by atoms with Gasteiger partial charge in [-0.05, 0) is 54.8 Å². The van der Waals surface area contributed by atoms with Crippen molar-refractivity contribution in [3.05, 3.63) is 71.1 Å². The second-order valence-electron chi connectivity index (χ2n) is 11.3. The molecule has 3 saturated heterocycles. The van der Waals surface area contributed by atoms with Crippen molar-refractivity contribution in [1.82, 2.24) is 9.64 Å². The van der Waals surface area contributed by atoms with Gasteiger partial charge in [0, 0.05) is 73.1 Å². The first-order chi connectivity index (χ1) is 20.9. The van der Waals surface area contributed by atoms with Crippen LogP contribution in [0.1, 0.15) is 59.2 Å². The Morgan fingerprint density at radius 3 is 2.30 bits per heavy atom. The van der Waals surface area contributed by atoms with Gasteiger partial charge >= 0.3 is 11.9 Å². The maximum Gasteiger partial charge on any atom is 0.363 e. The van der Waals surface area contributed by atoms with Crippen LogP contribution in [0.3, 0.4) is 0 Å². The van der Waals surface area contributed by atoms with Gasteiger partial charge in [0.05, 0.1) is 17.2 Å². The third kappa shape index (κ3) is 4.82. The largest absolute Gasteiger partial charge is 0.478 e. The van der Waals surface area contributed by atoms with Crippen molar-refractivity contribution in [3.8, 4) is 22.5 Å². The molecular formula is C33H30N3O7+. The fraction of sp³-hybridized carbons (Fsp3) is 0.303. The minimum atomic E-state index is -1.16. The molecule has 218 valence electrons. The molecule has 10 nitrogen and oxygen atoms in total. The van der Waals surface area contributed by atoms with Crippen molar-refractivity contribution in [3.63, 3.8) is 0 Å². The molecular weight excluding hydrogens is 550 g/mol. The predicted octanol–water partition coefficient (Wildman–Crippen LogP) is 4.29. The van der Waals surface area contributed by atoms with E-state index in [1.807, 2.05) is 36.4 Å². The molecule has 1 N–H and O–H groups in total. The molecule has 2 aromatic rings. The number of imide groups is 1. The standard InChI is InChI=1S/C33H29N3O7/c37-29-11-12-30(38)36(29)43-33(41)20-5-8-23(32(39)40)26(17-20)31-24-9-6-21(34-13-1-2-14-34)18-27(24)42-28-19-22(7-10-25(28)31)35-15-3-4-16-35/h5-10,17-19H,1-4,11-16H2/p+1. The number of anilines is 1. The number of benzene rings is 3. The number of rotatable bonds is 5. The molecule has 2 aromatic carbocycles. The fourth-order valence-corrected chi connectivity index (χ4v) is 6.36. The zero-order valence-corrected chi connectivity index (χ0v) is 23.5. The number of hydrogen-bond donors (Lipinski definition) is 1. The number of fused-ring (bicyclic) bond motifs is 2. The van der Waals surface area contributed by atoms with Crippen LogP contribution in [0.5, 0.6) is 0 Å². The zero-order chi connectivity index (χ0) is 29.7. The van der Waals surface area contributed by atoms with Gasteiger partial charge in [0.25, 0.3) is 11.8 Å². The average Bonchev–Trinajstić information content (AvgIpc) is 3.80. The van der Waals surface area contributed by atoms with E-state index in [0.29, 0.717) is 38.5 Å². The van der Waals surface area contributed by atoms with E-state index >= 15 is 0 Å². The highest BCUT2D eigenvalue weighted by molar-refractivity contribution is 6.09. The molecule has 0 unspecified atom stereocenters. The van der Waals surface area contributed by atoms with Crippen LogP contribution in [0.15, 0.2) is 59.0 Å². The van der Waals surface area contributed by atoms with E-state index in [2.05, 4.69) is 9.48 Å². The van der Waals surface area contributed by atoms with Crippen LogP contribution in [0.25, 0.3) is 33.4 Å². The summed E-state index contributed by atoms with van der Waals surface area (Å²) in [7, 11) is 0. The van der Waals surface area contributed by atoms with Crippen molar-refractivity contribution < 1.29 is 33.5 Å². The van der Waals surface area contributed by atoms with Crippen molar-refractivity contribution in [1.29, 1.82) is 0 Å². The zero-order valence-electron chi connectivity index (χ0n) is 23.5. The van der Waals surface area contributed by atoms with Gasteiger partial charge < -0.3 is 19.3 Å². The molecule has 3 fully saturated rings. The predicted molar refractivity (Wildman–Crippen MR) is 157 cm³/mol. The Hall–Kier alpha value is -4.99. The summed E-state index contributed by atoms with van der Waals surface area (Å²) in [5.41, 5.74) is 3.24. The summed E-state index contributed by atoms with van der Waals surface area (Å²) < 4.78 is 8.83. The lowest BCUT2D eigenvalue weighted by Crippen LogP contribution is -2.32. The van der Waals surface area contributed by atoms with Crippen molar-refractivity contribution in [2.24, 2.45) is 0 Å². The summed E-state index contributed by atoms with van der Waals surface area (Å²) in [6.07, 6.45) is 4.43. The Kier molecular flexibility index (Phi) is 6.68. The molecule has 0 atom stereocenters. The second-order valence-corrected chi connectivity index (χ2v) is 11.3. The summed E-state index contributed by atoms with van der Waals surface area (Å²) in [4.78, 5) is 57.2. The number of aromatic carboxylic acids is 1. The highest BCUT2D eigenvalue weighted by Crippen LogP contribution is 2.42. The van der Waals surface area contributed by atoms with Crippen molar-refractivity contribution in [2.75, 3.05) is 31.1 Å². The highest BCUT2D eigenvalue weighted by Gasteiger charge is 2.34. The van der Waals surface area contributed by atoms with Crippen molar-refractivity contribution >= 4 is 40.4 Å². The van der Waals surface area contributed by atoms with E-state index < -0.39 is 23.8 Å². The molecule has 0 spiro atoms. The van der Waals surface area contributed by atoms with Gasteiger partial charge in [-0.25, -0.2) is 14.2 Å². The Balaban J connectivity index is 1.44. The third-order valence-corrected chi connectivity index (χ3v) is 8.57. The molecule has 10 heteroatoms. The highest BCUT2D eigenvalue weighted by atomic mass is 16.7. The maximum absolute atomic E-state index is 13.1. The minimum Gasteiger partial charge on any atom is -0.478 e. The molecule has 0 aromatic heterocycles. The summed E-state index contributed by atoms with van der Waals surface area (Å²) >= 11 is 0. The van der Waals surface area contributed by atoms with Gasteiger partial charge in [-0.1, -0.05) is 0 Å². The number of amides is 2. The van der Waals surface area contributed by atoms with Gasteiger partial charge in [-0.3, -0.25) is 9.59 Å². The first kappa shape index (κ1) is 26.9. The lowest BCUT2D eigenvalue weighted by Gasteiger charge is -2.21. The van der Waals surface area contributed by atoms with E-state index in [4.69, 9.17) is 9.25 Å². The Bertz CT molecular complexity index is 1840. The second kappa shape index (κ2) is 10.7. The van der Waals surface area contributed by atoms with Crippen LogP contribution in [0.4, 0.5) is 5.69 Å². The first-order valence-electron chi connectivity index (χ1n) is 14.7. The number of carbonyl (C=O) groups excluding carboxylic acids is 3. The molecule has 4 aliphatic heterocycles. The molecule has 1 aliphatic carbocycles.